The van der Waals surface area contributed by atoms with E-state index in [1.165, 1.54) is 0 Å². The van der Waals surface area contributed by atoms with E-state index in [1.807, 2.05) is 32.0 Å². The summed E-state index contributed by atoms with van der Waals surface area (Å²) in [6.07, 6.45) is 0.612. The number of nitrogens with one attached hydrogen (secondary N) is 1. The van der Waals surface area contributed by atoms with E-state index in [-0.39, 0.29) is 4.90 Å². The molecule has 0 amide bonds. The van der Waals surface area contributed by atoms with E-state index in [2.05, 4.69) is 4.72 Å². The summed E-state index contributed by atoms with van der Waals surface area (Å²) in [5, 5.41) is 0. The van der Waals surface area contributed by atoms with E-state index in [0.29, 0.717) is 25.3 Å². The SMILES string of the molecule is CCOc1ccc(S(=O)(=O)NCCc2ccc(OC)c(C)c2)cc1. The lowest BCUT2D eigenvalue weighted by molar-refractivity contribution is 0.340. The van der Waals surface area contributed by atoms with Gasteiger partial charge in [-0.15, -0.1) is 0 Å². The summed E-state index contributed by atoms with van der Waals surface area (Å²) >= 11 is 0. The topological polar surface area (TPSA) is 64.6 Å². The zero-order valence-corrected chi connectivity index (χ0v) is 15.0. The number of aryl methyl sites for hydroxylation is 1. The molecule has 1 N–H and O–H groups in total. The van der Waals surface area contributed by atoms with Crippen molar-refractivity contribution in [2.75, 3.05) is 20.3 Å². The molecule has 0 spiro atoms. The minimum absolute atomic E-state index is 0.233. The molecule has 2 aromatic rings. The highest BCUT2D eigenvalue weighted by molar-refractivity contribution is 7.89. The Morgan fingerprint density at radius 1 is 1.08 bits per heavy atom. The second-order valence-electron chi connectivity index (χ2n) is 5.36. The van der Waals surface area contributed by atoms with E-state index in [4.69, 9.17) is 9.47 Å². The molecule has 130 valence electrons. The van der Waals surface area contributed by atoms with Crippen molar-refractivity contribution in [1.82, 2.24) is 4.72 Å². The highest BCUT2D eigenvalue weighted by atomic mass is 32.2. The maximum Gasteiger partial charge on any atom is 0.240 e. The van der Waals surface area contributed by atoms with Gasteiger partial charge in [-0.05, 0) is 61.7 Å². The van der Waals surface area contributed by atoms with Crippen LogP contribution < -0.4 is 14.2 Å². The molecule has 0 aromatic heterocycles. The maximum atomic E-state index is 12.3. The number of benzene rings is 2. The van der Waals surface area contributed by atoms with Gasteiger partial charge in [0.2, 0.25) is 10.0 Å². The summed E-state index contributed by atoms with van der Waals surface area (Å²) in [6, 6.07) is 12.2. The van der Waals surface area contributed by atoms with E-state index >= 15 is 0 Å². The van der Waals surface area contributed by atoms with Gasteiger partial charge >= 0.3 is 0 Å². The summed E-state index contributed by atoms with van der Waals surface area (Å²) in [7, 11) is -1.88. The van der Waals surface area contributed by atoms with Crippen LogP contribution >= 0.6 is 0 Å². The second-order valence-corrected chi connectivity index (χ2v) is 7.12. The fourth-order valence-corrected chi connectivity index (χ4v) is 3.42. The molecule has 0 heterocycles. The zero-order valence-electron chi connectivity index (χ0n) is 14.2. The van der Waals surface area contributed by atoms with Gasteiger partial charge in [0.1, 0.15) is 11.5 Å². The maximum absolute atomic E-state index is 12.3. The number of rotatable bonds is 8. The van der Waals surface area contributed by atoms with Crippen LogP contribution in [0.15, 0.2) is 47.4 Å². The third kappa shape index (κ3) is 4.72. The van der Waals surface area contributed by atoms with Gasteiger partial charge in [-0.1, -0.05) is 12.1 Å². The summed E-state index contributed by atoms with van der Waals surface area (Å²) in [5.74, 6) is 1.49. The number of hydrogen-bond donors (Lipinski definition) is 1. The third-order valence-electron chi connectivity index (χ3n) is 3.61. The Balaban J connectivity index is 1.96. The summed E-state index contributed by atoms with van der Waals surface area (Å²) in [5.41, 5.74) is 2.09. The van der Waals surface area contributed by atoms with Crippen molar-refractivity contribution in [1.29, 1.82) is 0 Å². The van der Waals surface area contributed by atoms with Crippen molar-refractivity contribution in [3.05, 3.63) is 53.6 Å². The predicted octanol–water partition coefficient (Wildman–Crippen LogP) is 2.92. The van der Waals surface area contributed by atoms with E-state index < -0.39 is 10.0 Å². The first-order valence-electron chi connectivity index (χ1n) is 7.82. The first-order valence-corrected chi connectivity index (χ1v) is 9.30. The summed E-state index contributed by atoms with van der Waals surface area (Å²) in [6.45, 7) is 4.73. The van der Waals surface area contributed by atoms with E-state index in [1.54, 1.807) is 31.4 Å². The number of hydrogen-bond acceptors (Lipinski definition) is 4. The molecule has 0 atom stereocenters. The molecule has 0 radical (unpaired) electrons. The lowest BCUT2D eigenvalue weighted by atomic mass is 10.1. The molecule has 6 heteroatoms. The van der Waals surface area contributed by atoms with Gasteiger partial charge < -0.3 is 9.47 Å². The molecule has 2 rings (SSSR count). The van der Waals surface area contributed by atoms with Crippen LogP contribution in [-0.4, -0.2) is 28.7 Å². The highest BCUT2D eigenvalue weighted by Crippen LogP contribution is 2.19. The predicted molar refractivity (Wildman–Crippen MR) is 94.2 cm³/mol. The Morgan fingerprint density at radius 2 is 1.79 bits per heavy atom. The first-order chi connectivity index (χ1) is 11.5. The zero-order chi connectivity index (χ0) is 17.6. The fourth-order valence-electron chi connectivity index (χ4n) is 2.39. The molecular weight excluding hydrogens is 326 g/mol. The molecular formula is C18H23NO4S. The standard InChI is InChI=1S/C18H23NO4S/c1-4-23-16-6-8-17(9-7-16)24(20,21)19-12-11-15-5-10-18(22-3)14(2)13-15/h5-10,13,19H,4,11-12H2,1-3H3. The molecule has 5 nitrogen and oxygen atoms in total. The average molecular weight is 349 g/mol. The van der Waals surface area contributed by atoms with Crippen LogP contribution in [0.2, 0.25) is 0 Å². The Bertz CT molecular complexity index is 770. The Hall–Kier alpha value is -2.05. The normalized spacial score (nSPS) is 11.3. The van der Waals surface area contributed by atoms with Gasteiger partial charge in [-0.2, -0.15) is 0 Å². The van der Waals surface area contributed by atoms with Crippen molar-refractivity contribution in [2.24, 2.45) is 0 Å². The molecule has 0 unspecified atom stereocenters. The monoisotopic (exact) mass is 349 g/mol. The highest BCUT2D eigenvalue weighted by Gasteiger charge is 2.13. The van der Waals surface area contributed by atoms with Crippen molar-refractivity contribution in [3.63, 3.8) is 0 Å². The fraction of sp³-hybridized carbons (Fsp3) is 0.333. The van der Waals surface area contributed by atoms with Crippen molar-refractivity contribution >= 4 is 10.0 Å². The molecule has 0 saturated carbocycles. The lowest BCUT2D eigenvalue weighted by Gasteiger charge is -2.10. The van der Waals surface area contributed by atoms with Crippen molar-refractivity contribution in [2.45, 2.75) is 25.2 Å². The van der Waals surface area contributed by atoms with Crippen LogP contribution in [0.4, 0.5) is 0 Å². The van der Waals surface area contributed by atoms with Gasteiger partial charge in [0, 0.05) is 6.54 Å². The largest absolute Gasteiger partial charge is 0.496 e. The van der Waals surface area contributed by atoms with Crippen LogP contribution in [0.1, 0.15) is 18.1 Å². The van der Waals surface area contributed by atoms with Crippen LogP contribution in [0.25, 0.3) is 0 Å². The Labute approximate surface area is 143 Å². The van der Waals surface area contributed by atoms with Gasteiger partial charge in [-0.3, -0.25) is 0 Å². The second kappa shape index (κ2) is 8.17. The Kier molecular flexibility index (Phi) is 6.23. The molecule has 0 saturated heterocycles. The molecule has 0 bridgehead atoms. The molecule has 0 fully saturated rings. The first kappa shape index (κ1) is 18.3. The molecule has 0 aliphatic rings. The number of ether oxygens (including phenoxy) is 2. The van der Waals surface area contributed by atoms with E-state index in [9.17, 15) is 8.42 Å². The number of sulfonamides is 1. The van der Waals surface area contributed by atoms with Crippen molar-refractivity contribution in [3.8, 4) is 11.5 Å². The van der Waals surface area contributed by atoms with Gasteiger partial charge in [0.05, 0.1) is 18.6 Å². The van der Waals surface area contributed by atoms with E-state index in [0.717, 1.165) is 16.9 Å². The van der Waals surface area contributed by atoms with Crippen LogP contribution in [0, 0.1) is 6.92 Å². The quantitative estimate of drug-likeness (QED) is 0.796. The molecule has 24 heavy (non-hydrogen) atoms. The van der Waals surface area contributed by atoms with Gasteiger partial charge in [-0.25, -0.2) is 13.1 Å². The summed E-state index contributed by atoms with van der Waals surface area (Å²) < 4.78 is 37.7. The summed E-state index contributed by atoms with van der Waals surface area (Å²) in [4.78, 5) is 0.233. The molecule has 0 aliphatic carbocycles. The lowest BCUT2D eigenvalue weighted by Crippen LogP contribution is -2.26. The van der Waals surface area contributed by atoms with Gasteiger partial charge in [0.25, 0.3) is 0 Å². The third-order valence-corrected chi connectivity index (χ3v) is 5.09. The van der Waals surface area contributed by atoms with Crippen LogP contribution in [-0.2, 0) is 16.4 Å². The van der Waals surface area contributed by atoms with Gasteiger partial charge in [0.15, 0.2) is 0 Å². The molecule has 2 aromatic carbocycles. The minimum atomic E-state index is -3.52. The smallest absolute Gasteiger partial charge is 0.240 e. The Morgan fingerprint density at radius 3 is 2.38 bits per heavy atom. The minimum Gasteiger partial charge on any atom is -0.496 e. The molecule has 0 aliphatic heterocycles. The van der Waals surface area contributed by atoms with Crippen molar-refractivity contribution < 1.29 is 17.9 Å². The van der Waals surface area contributed by atoms with Crippen LogP contribution in [0.3, 0.4) is 0 Å². The average Bonchev–Trinajstić information content (AvgIpc) is 2.56. The number of methoxy groups -OCH3 is 1. The van der Waals surface area contributed by atoms with Crippen LogP contribution in [0.5, 0.6) is 11.5 Å².